The number of ether oxygens (including phenoxy) is 1. The van der Waals surface area contributed by atoms with Crippen LogP contribution in [0.3, 0.4) is 0 Å². The van der Waals surface area contributed by atoms with Gasteiger partial charge in [0.1, 0.15) is 4.99 Å². The number of benzene rings is 1. The van der Waals surface area contributed by atoms with Crippen LogP contribution in [0.15, 0.2) is 42.6 Å². The predicted molar refractivity (Wildman–Crippen MR) is 81.0 cm³/mol. The van der Waals surface area contributed by atoms with Crippen molar-refractivity contribution in [1.82, 2.24) is 4.98 Å². The second-order valence-electron chi connectivity index (χ2n) is 3.85. The normalized spacial score (nSPS) is 9.95. The summed E-state index contributed by atoms with van der Waals surface area (Å²) in [7, 11) is 0. The SMILES string of the molecule is CCOc1ccc(Nc2ccccc2C(N)=S)cn1. The summed E-state index contributed by atoms with van der Waals surface area (Å²) in [5.74, 6) is 0.607. The molecule has 1 aromatic carbocycles. The molecular formula is C14H15N3OS. The topological polar surface area (TPSA) is 60.2 Å². The van der Waals surface area contributed by atoms with E-state index >= 15 is 0 Å². The van der Waals surface area contributed by atoms with E-state index in [9.17, 15) is 0 Å². The molecule has 19 heavy (non-hydrogen) atoms. The molecule has 0 radical (unpaired) electrons. The molecule has 2 aromatic rings. The predicted octanol–water partition coefficient (Wildman–Crippen LogP) is 2.86. The van der Waals surface area contributed by atoms with Crippen LogP contribution in [0, 0.1) is 0 Å². The number of thiocarbonyl (C=S) groups is 1. The van der Waals surface area contributed by atoms with E-state index in [1.54, 1.807) is 6.20 Å². The van der Waals surface area contributed by atoms with Crippen LogP contribution in [0.1, 0.15) is 12.5 Å². The zero-order valence-corrected chi connectivity index (χ0v) is 11.4. The van der Waals surface area contributed by atoms with E-state index in [1.807, 2.05) is 43.3 Å². The summed E-state index contributed by atoms with van der Waals surface area (Å²) in [5.41, 5.74) is 8.22. The molecule has 0 bridgehead atoms. The molecule has 1 heterocycles. The van der Waals surface area contributed by atoms with Gasteiger partial charge in [0.15, 0.2) is 0 Å². The second kappa shape index (κ2) is 6.15. The molecule has 0 saturated carbocycles. The molecule has 0 fully saturated rings. The summed E-state index contributed by atoms with van der Waals surface area (Å²) in [6.07, 6.45) is 1.71. The van der Waals surface area contributed by atoms with Crippen molar-refractivity contribution in [3.05, 3.63) is 48.2 Å². The molecule has 5 heteroatoms. The molecule has 4 nitrogen and oxygen atoms in total. The van der Waals surface area contributed by atoms with Gasteiger partial charge in [-0.3, -0.25) is 0 Å². The highest BCUT2D eigenvalue weighted by atomic mass is 32.1. The lowest BCUT2D eigenvalue weighted by Gasteiger charge is -2.11. The van der Waals surface area contributed by atoms with Crippen LogP contribution in [-0.2, 0) is 0 Å². The van der Waals surface area contributed by atoms with Crippen LogP contribution in [0.4, 0.5) is 11.4 Å². The monoisotopic (exact) mass is 273 g/mol. The average Bonchev–Trinajstić information content (AvgIpc) is 2.42. The lowest BCUT2D eigenvalue weighted by Crippen LogP contribution is -2.11. The largest absolute Gasteiger partial charge is 0.478 e. The Labute approximate surface area is 117 Å². The standard InChI is InChI=1S/C14H15N3OS/c1-2-18-13-8-7-10(9-16-13)17-12-6-4-3-5-11(12)14(15)19/h3-9,17H,2H2,1H3,(H2,15,19). The number of pyridine rings is 1. The van der Waals surface area contributed by atoms with Crippen LogP contribution in [0.25, 0.3) is 0 Å². The van der Waals surface area contributed by atoms with E-state index in [2.05, 4.69) is 10.3 Å². The van der Waals surface area contributed by atoms with Gasteiger partial charge in [-0.15, -0.1) is 0 Å². The Hall–Kier alpha value is -2.14. The van der Waals surface area contributed by atoms with E-state index in [-0.39, 0.29) is 0 Å². The third kappa shape index (κ3) is 3.42. The van der Waals surface area contributed by atoms with Gasteiger partial charge in [-0.1, -0.05) is 24.4 Å². The first-order valence-corrected chi connectivity index (χ1v) is 6.36. The Morgan fingerprint density at radius 3 is 2.74 bits per heavy atom. The summed E-state index contributed by atoms with van der Waals surface area (Å²) >= 11 is 5.02. The van der Waals surface area contributed by atoms with Crippen molar-refractivity contribution in [2.75, 3.05) is 11.9 Å². The lowest BCUT2D eigenvalue weighted by atomic mass is 10.1. The highest BCUT2D eigenvalue weighted by Gasteiger charge is 2.04. The smallest absolute Gasteiger partial charge is 0.213 e. The summed E-state index contributed by atoms with van der Waals surface area (Å²) in [6, 6.07) is 11.3. The Balaban J connectivity index is 2.19. The minimum absolute atomic E-state index is 0.363. The summed E-state index contributed by atoms with van der Waals surface area (Å²) in [5, 5.41) is 3.24. The maximum Gasteiger partial charge on any atom is 0.213 e. The van der Waals surface area contributed by atoms with Gasteiger partial charge in [0.25, 0.3) is 0 Å². The van der Waals surface area contributed by atoms with E-state index in [0.717, 1.165) is 16.9 Å². The number of aromatic nitrogens is 1. The Morgan fingerprint density at radius 2 is 2.11 bits per heavy atom. The van der Waals surface area contributed by atoms with E-state index < -0.39 is 0 Å². The molecule has 2 rings (SSSR count). The number of para-hydroxylation sites is 1. The van der Waals surface area contributed by atoms with Gasteiger partial charge < -0.3 is 15.8 Å². The first-order valence-electron chi connectivity index (χ1n) is 5.95. The third-order valence-corrected chi connectivity index (χ3v) is 2.72. The number of nitrogens with one attached hydrogen (secondary N) is 1. The molecule has 0 amide bonds. The molecule has 0 aliphatic carbocycles. The van der Waals surface area contributed by atoms with E-state index in [0.29, 0.717) is 17.5 Å². The zero-order valence-electron chi connectivity index (χ0n) is 10.6. The molecule has 0 saturated heterocycles. The van der Waals surface area contributed by atoms with Gasteiger partial charge in [0, 0.05) is 17.3 Å². The number of anilines is 2. The Bertz CT molecular complexity index is 569. The molecule has 0 spiro atoms. The number of hydrogen-bond acceptors (Lipinski definition) is 4. The molecule has 0 aliphatic rings. The Kier molecular flexibility index (Phi) is 4.30. The zero-order chi connectivity index (χ0) is 13.7. The van der Waals surface area contributed by atoms with Crippen molar-refractivity contribution in [2.24, 2.45) is 5.73 Å². The molecule has 1 aromatic heterocycles. The summed E-state index contributed by atoms with van der Waals surface area (Å²) in [4.78, 5) is 4.55. The fraction of sp³-hybridized carbons (Fsp3) is 0.143. The van der Waals surface area contributed by atoms with Crippen LogP contribution in [-0.4, -0.2) is 16.6 Å². The number of hydrogen-bond donors (Lipinski definition) is 2. The molecule has 0 aliphatic heterocycles. The van der Waals surface area contributed by atoms with Gasteiger partial charge in [0.05, 0.1) is 18.5 Å². The highest BCUT2D eigenvalue weighted by molar-refractivity contribution is 7.80. The number of nitrogens with zero attached hydrogens (tertiary/aromatic N) is 1. The van der Waals surface area contributed by atoms with Crippen LogP contribution >= 0.6 is 12.2 Å². The maximum absolute atomic E-state index is 5.69. The molecule has 3 N–H and O–H groups in total. The average molecular weight is 273 g/mol. The first-order chi connectivity index (χ1) is 9.20. The van der Waals surface area contributed by atoms with Crippen molar-refractivity contribution in [3.63, 3.8) is 0 Å². The first kappa shape index (κ1) is 13.3. The number of nitrogens with two attached hydrogens (primary N) is 1. The minimum atomic E-state index is 0.363. The van der Waals surface area contributed by atoms with Gasteiger partial charge in [0.2, 0.25) is 5.88 Å². The molecule has 0 atom stereocenters. The van der Waals surface area contributed by atoms with Crippen molar-refractivity contribution >= 4 is 28.6 Å². The Morgan fingerprint density at radius 1 is 1.32 bits per heavy atom. The van der Waals surface area contributed by atoms with Crippen LogP contribution < -0.4 is 15.8 Å². The van der Waals surface area contributed by atoms with E-state index in [1.165, 1.54) is 0 Å². The summed E-state index contributed by atoms with van der Waals surface area (Å²) in [6.45, 7) is 2.52. The second-order valence-corrected chi connectivity index (χ2v) is 4.29. The van der Waals surface area contributed by atoms with Crippen molar-refractivity contribution in [3.8, 4) is 5.88 Å². The quantitative estimate of drug-likeness (QED) is 0.820. The summed E-state index contributed by atoms with van der Waals surface area (Å²) < 4.78 is 5.29. The number of rotatable bonds is 5. The van der Waals surface area contributed by atoms with Crippen LogP contribution in [0.2, 0.25) is 0 Å². The molecular weight excluding hydrogens is 258 g/mol. The van der Waals surface area contributed by atoms with Gasteiger partial charge in [-0.25, -0.2) is 4.98 Å². The van der Waals surface area contributed by atoms with Crippen molar-refractivity contribution < 1.29 is 4.74 Å². The fourth-order valence-electron chi connectivity index (χ4n) is 1.65. The lowest BCUT2D eigenvalue weighted by molar-refractivity contribution is 0.327. The van der Waals surface area contributed by atoms with Crippen molar-refractivity contribution in [2.45, 2.75) is 6.92 Å². The van der Waals surface area contributed by atoms with Gasteiger partial charge in [-0.05, 0) is 25.1 Å². The van der Waals surface area contributed by atoms with Gasteiger partial charge >= 0.3 is 0 Å². The van der Waals surface area contributed by atoms with E-state index in [4.69, 9.17) is 22.7 Å². The van der Waals surface area contributed by atoms with Crippen LogP contribution in [0.5, 0.6) is 5.88 Å². The molecule has 0 unspecified atom stereocenters. The third-order valence-electron chi connectivity index (χ3n) is 2.50. The minimum Gasteiger partial charge on any atom is -0.478 e. The van der Waals surface area contributed by atoms with Gasteiger partial charge in [-0.2, -0.15) is 0 Å². The molecule has 98 valence electrons. The fourth-order valence-corrected chi connectivity index (χ4v) is 1.83. The maximum atomic E-state index is 5.69. The van der Waals surface area contributed by atoms with Crippen molar-refractivity contribution in [1.29, 1.82) is 0 Å². The highest BCUT2D eigenvalue weighted by Crippen LogP contribution is 2.21.